The van der Waals surface area contributed by atoms with E-state index >= 15 is 0 Å². The van der Waals surface area contributed by atoms with Gasteiger partial charge in [0, 0.05) is 18.0 Å². The van der Waals surface area contributed by atoms with Crippen LogP contribution in [0.3, 0.4) is 0 Å². The highest BCUT2D eigenvalue weighted by Gasteiger charge is 2.34. The summed E-state index contributed by atoms with van der Waals surface area (Å²) in [6.07, 6.45) is 4.37. The van der Waals surface area contributed by atoms with Crippen LogP contribution in [0.25, 0.3) is 0 Å². The van der Waals surface area contributed by atoms with Crippen LogP contribution < -0.4 is 0 Å². The summed E-state index contributed by atoms with van der Waals surface area (Å²) in [6, 6.07) is 15.4. The van der Waals surface area contributed by atoms with Gasteiger partial charge in [-0.1, -0.05) is 60.0 Å². The van der Waals surface area contributed by atoms with E-state index in [1.165, 1.54) is 36.0 Å². The Kier molecular flexibility index (Phi) is 6.05. The highest BCUT2D eigenvalue weighted by Crippen LogP contribution is 2.34. The SMILES string of the molecule is Cc1ccc(C2CC(c3ccc(C)cc3C)=NN2C(=O)CN2CCCCC2C)cc1. The Labute approximate surface area is 180 Å². The van der Waals surface area contributed by atoms with E-state index in [4.69, 9.17) is 5.10 Å². The van der Waals surface area contributed by atoms with Gasteiger partial charge in [-0.2, -0.15) is 5.10 Å². The second kappa shape index (κ2) is 8.73. The number of likely N-dealkylation sites (tertiary alicyclic amines) is 1. The number of benzene rings is 2. The van der Waals surface area contributed by atoms with Crippen molar-refractivity contribution in [3.8, 4) is 0 Å². The van der Waals surface area contributed by atoms with Gasteiger partial charge in [0.05, 0.1) is 18.3 Å². The van der Waals surface area contributed by atoms with Crippen LogP contribution in [-0.2, 0) is 4.79 Å². The summed E-state index contributed by atoms with van der Waals surface area (Å²) in [6.45, 7) is 10.0. The van der Waals surface area contributed by atoms with E-state index < -0.39 is 0 Å². The van der Waals surface area contributed by atoms with Gasteiger partial charge in [0.25, 0.3) is 5.91 Å². The highest BCUT2D eigenvalue weighted by molar-refractivity contribution is 6.04. The first-order chi connectivity index (χ1) is 14.4. The smallest absolute Gasteiger partial charge is 0.257 e. The zero-order valence-electron chi connectivity index (χ0n) is 18.7. The maximum atomic E-state index is 13.4. The summed E-state index contributed by atoms with van der Waals surface area (Å²) < 4.78 is 0. The molecule has 4 nitrogen and oxygen atoms in total. The van der Waals surface area contributed by atoms with Crippen LogP contribution in [0.4, 0.5) is 0 Å². The molecule has 30 heavy (non-hydrogen) atoms. The molecule has 1 amide bonds. The highest BCUT2D eigenvalue weighted by atomic mass is 16.2. The fourth-order valence-electron chi connectivity index (χ4n) is 4.73. The molecule has 2 aliphatic heterocycles. The Morgan fingerprint density at radius 1 is 1.03 bits per heavy atom. The van der Waals surface area contributed by atoms with Gasteiger partial charge in [0.15, 0.2) is 0 Å². The molecule has 1 saturated heterocycles. The molecule has 2 heterocycles. The fourth-order valence-corrected chi connectivity index (χ4v) is 4.73. The number of hydrogen-bond donors (Lipinski definition) is 0. The van der Waals surface area contributed by atoms with Crippen LogP contribution in [0, 0.1) is 20.8 Å². The van der Waals surface area contributed by atoms with Crippen molar-refractivity contribution >= 4 is 11.6 Å². The van der Waals surface area contributed by atoms with Crippen LogP contribution in [0.1, 0.15) is 66.5 Å². The van der Waals surface area contributed by atoms with Crippen LogP contribution in [0.5, 0.6) is 0 Å². The van der Waals surface area contributed by atoms with E-state index in [9.17, 15) is 4.79 Å². The van der Waals surface area contributed by atoms with Crippen molar-refractivity contribution in [3.63, 3.8) is 0 Å². The van der Waals surface area contributed by atoms with Crippen molar-refractivity contribution in [2.24, 2.45) is 5.10 Å². The van der Waals surface area contributed by atoms with Crippen molar-refractivity contribution in [2.45, 2.75) is 65.5 Å². The normalized spacial score (nSPS) is 22.3. The molecule has 0 bridgehead atoms. The summed E-state index contributed by atoms with van der Waals surface area (Å²) in [7, 11) is 0. The minimum Gasteiger partial charge on any atom is -0.292 e. The maximum Gasteiger partial charge on any atom is 0.257 e. The summed E-state index contributed by atoms with van der Waals surface area (Å²) in [5.41, 5.74) is 7.02. The lowest BCUT2D eigenvalue weighted by Crippen LogP contribution is -2.44. The third-order valence-corrected chi connectivity index (χ3v) is 6.60. The number of hydrazone groups is 1. The maximum absolute atomic E-state index is 13.4. The molecule has 1 fully saturated rings. The van der Waals surface area contributed by atoms with Gasteiger partial charge in [-0.05, 0) is 58.2 Å². The van der Waals surface area contributed by atoms with Gasteiger partial charge in [-0.15, -0.1) is 0 Å². The first-order valence-corrected chi connectivity index (χ1v) is 11.2. The molecule has 0 aromatic heterocycles. The zero-order chi connectivity index (χ0) is 21.3. The topological polar surface area (TPSA) is 35.9 Å². The molecule has 2 aliphatic rings. The Hall–Kier alpha value is -2.46. The van der Waals surface area contributed by atoms with Gasteiger partial charge in [-0.3, -0.25) is 9.69 Å². The molecule has 0 aliphatic carbocycles. The second-order valence-electron chi connectivity index (χ2n) is 9.05. The van der Waals surface area contributed by atoms with Crippen molar-refractivity contribution in [1.29, 1.82) is 0 Å². The molecule has 2 atom stereocenters. The summed E-state index contributed by atoms with van der Waals surface area (Å²) >= 11 is 0. The third-order valence-electron chi connectivity index (χ3n) is 6.60. The lowest BCUT2D eigenvalue weighted by molar-refractivity contribution is -0.135. The molecule has 4 heteroatoms. The van der Waals surface area contributed by atoms with Crippen LogP contribution >= 0.6 is 0 Å². The number of aryl methyl sites for hydroxylation is 3. The first-order valence-electron chi connectivity index (χ1n) is 11.2. The Balaban J connectivity index is 1.63. The van der Waals surface area contributed by atoms with Gasteiger partial charge < -0.3 is 0 Å². The molecular formula is C26H33N3O. The van der Waals surface area contributed by atoms with Gasteiger partial charge in [-0.25, -0.2) is 5.01 Å². The van der Waals surface area contributed by atoms with Crippen LogP contribution in [0.2, 0.25) is 0 Å². The molecule has 0 spiro atoms. The number of carbonyl (C=O) groups is 1. The predicted octanol–water partition coefficient (Wildman–Crippen LogP) is 5.16. The molecule has 2 aromatic carbocycles. The first kappa shape index (κ1) is 20.8. The largest absolute Gasteiger partial charge is 0.292 e. The molecule has 0 saturated carbocycles. The van der Waals surface area contributed by atoms with Gasteiger partial charge in [0.1, 0.15) is 0 Å². The minimum absolute atomic E-state index is 0.0334. The average molecular weight is 404 g/mol. The number of nitrogens with zero attached hydrogens (tertiary/aromatic N) is 3. The van der Waals surface area contributed by atoms with Crippen molar-refractivity contribution < 1.29 is 4.79 Å². The van der Waals surface area contributed by atoms with E-state index in [0.717, 1.165) is 29.8 Å². The average Bonchev–Trinajstić information content (AvgIpc) is 3.15. The van der Waals surface area contributed by atoms with Crippen LogP contribution in [-0.4, -0.2) is 40.7 Å². The summed E-state index contributed by atoms with van der Waals surface area (Å²) in [5, 5.41) is 6.66. The number of rotatable bonds is 4. The molecule has 0 radical (unpaired) electrons. The number of hydrogen-bond acceptors (Lipinski definition) is 3. The fraction of sp³-hybridized carbons (Fsp3) is 0.462. The van der Waals surface area contributed by atoms with E-state index in [1.807, 2.05) is 0 Å². The van der Waals surface area contributed by atoms with Crippen molar-refractivity contribution in [2.75, 3.05) is 13.1 Å². The molecule has 2 unspecified atom stereocenters. The van der Waals surface area contributed by atoms with Crippen molar-refractivity contribution in [3.05, 3.63) is 70.3 Å². The third kappa shape index (κ3) is 4.34. The summed E-state index contributed by atoms with van der Waals surface area (Å²) in [4.78, 5) is 15.7. The van der Waals surface area contributed by atoms with E-state index in [2.05, 4.69) is 75.1 Å². The lowest BCUT2D eigenvalue weighted by Gasteiger charge is -2.34. The summed E-state index contributed by atoms with van der Waals surface area (Å²) in [5.74, 6) is 0.106. The molecule has 0 N–H and O–H groups in total. The van der Waals surface area contributed by atoms with E-state index in [0.29, 0.717) is 12.6 Å². The lowest BCUT2D eigenvalue weighted by atomic mass is 9.95. The van der Waals surface area contributed by atoms with Gasteiger partial charge >= 0.3 is 0 Å². The zero-order valence-corrected chi connectivity index (χ0v) is 18.7. The Morgan fingerprint density at radius 2 is 1.77 bits per heavy atom. The predicted molar refractivity (Wildman–Crippen MR) is 123 cm³/mol. The number of carbonyl (C=O) groups excluding carboxylic acids is 1. The molecule has 4 rings (SSSR count). The van der Waals surface area contributed by atoms with Crippen LogP contribution in [0.15, 0.2) is 47.6 Å². The minimum atomic E-state index is -0.0334. The standard InChI is InChI=1S/C26H33N3O/c1-18-8-11-22(12-9-18)25-16-24(23-13-10-19(2)15-20(23)3)27-29(25)26(30)17-28-14-6-5-7-21(28)4/h8-13,15,21,25H,5-7,14,16-17H2,1-4H3. The Morgan fingerprint density at radius 3 is 2.47 bits per heavy atom. The molecular weight excluding hydrogens is 370 g/mol. The molecule has 158 valence electrons. The number of piperidine rings is 1. The van der Waals surface area contributed by atoms with E-state index in [-0.39, 0.29) is 11.9 Å². The quantitative estimate of drug-likeness (QED) is 0.706. The second-order valence-corrected chi connectivity index (χ2v) is 9.05. The van der Waals surface area contributed by atoms with E-state index in [1.54, 1.807) is 5.01 Å². The van der Waals surface area contributed by atoms with Crippen molar-refractivity contribution in [1.82, 2.24) is 9.91 Å². The van der Waals surface area contributed by atoms with Gasteiger partial charge in [0.2, 0.25) is 0 Å². The number of amides is 1. The molecule has 2 aromatic rings. The monoisotopic (exact) mass is 403 g/mol. The Bertz CT molecular complexity index is 947.